The van der Waals surface area contributed by atoms with E-state index in [-0.39, 0.29) is 17.4 Å². The first-order valence-electron chi connectivity index (χ1n) is 7.58. The molecule has 0 saturated heterocycles. The summed E-state index contributed by atoms with van der Waals surface area (Å²) in [7, 11) is 1.69. The van der Waals surface area contributed by atoms with E-state index in [1.54, 1.807) is 37.1 Å². The minimum atomic E-state index is -0.371. The molecule has 6 nitrogen and oxygen atoms in total. The molecular weight excluding hydrogens is 321 g/mol. The molecule has 0 spiro atoms. The molecule has 0 aliphatic rings. The van der Waals surface area contributed by atoms with Crippen molar-refractivity contribution in [2.45, 2.75) is 6.92 Å². The second-order valence-electron chi connectivity index (χ2n) is 5.35. The summed E-state index contributed by atoms with van der Waals surface area (Å²) in [5, 5.41) is 7.44. The molecule has 3 rings (SSSR count). The number of hydrogen-bond donors (Lipinski definition) is 1. The van der Waals surface area contributed by atoms with E-state index in [0.29, 0.717) is 17.2 Å². The van der Waals surface area contributed by atoms with Gasteiger partial charge in [-0.25, -0.2) is 9.92 Å². The molecule has 3 aromatic rings. The van der Waals surface area contributed by atoms with Crippen molar-refractivity contribution >= 4 is 11.4 Å². The fourth-order valence-electron chi connectivity index (χ4n) is 2.37. The minimum Gasteiger partial charge on any atom is -0.344 e. The minimum absolute atomic E-state index is 0.106. The van der Waals surface area contributed by atoms with Crippen LogP contribution in [0.4, 0.5) is 10.1 Å². The van der Waals surface area contributed by atoms with Crippen LogP contribution in [-0.2, 0) is 0 Å². The molecule has 126 valence electrons. The molecule has 1 aromatic heterocycles. The Bertz CT molecular complexity index is 920. The molecular formula is C18H16FN5O. The molecule has 0 atom stereocenters. The molecule has 0 fully saturated rings. The Morgan fingerprint density at radius 3 is 2.48 bits per heavy atom. The number of nitrogens with one attached hydrogen (secondary N) is 1. The van der Waals surface area contributed by atoms with Gasteiger partial charge in [0.25, 0.3) is 5.89 Å². The smallest absolute Gasteiger partial charge is 0.280 e. The first-order chi connectivity index (χ1) is 12.1. The van der Waals surface area contributed by atoms with Crippen molar-refractivity contribution in [2.24, 2.45) is 5.11 Å². The van der Waals surface area contributed by atoms with Gasteiger partial charge in [0.2, 0.25) is 5.82 Å². The number of para-hydroxylation sites is 1. The molecule has 0 bridgehead atoms. The van der Waals surface area contributed by atoms with Gasteiger partial charge in [-0.3, -0.25) is 0 Å². The number of rotatable bonds is 5. The third-order valence-corrected chi connectivity index (χ3v) is 3.83. The fraction of sp³-hybridized carbons (Fsp3) is 0.111. The summed E-state index contributed by atoms with van der Waals surface area (Å²) in [6.07, 6.45) is 0. The summed E-state index contributed by atoms with van der Waals surface area (Å²) in [5.74, 6) is 0.136. The molecule has 25 heavy (non-hydrogen) atoms. The van der Waals surface area contributed by atoms with Crippen molar-refractivity contribution in [3.05, 3.63) is 72.0 Å². The third-order valence-electron chi connectivity index (χ3n) is 3.83. The van der Waals surface area contributed by atoms with Gasteiger partial charge in [-0.15, -0.1) is 0 Å². The van der Waals surface area contributed by atoms with E-state index < -0.39 is 0 Å². The van der Waals surface area contributed by atoms with Crippen LogP contribution >= 0.6 is 0 Å². The van der Waals surface area contributed by atoms with E-state index in [1.165, 1.54) is 6.07 Å². The van der Waals surface area contributed by atoms with Crippen molar-refractivity contribution in [1.82, 2.24) is 10.1 Å². The van der Waals surface area contributed by atoms with Crippen LogP contribution in [0, 0.1) is 11.3 Å². The molecule has 7 heteroatoms. The van der Waals surface area contributed by atoms with E-state index >= 15 is 0 Å². The predicted octanol–water partition coefficient (Wildman–Crippen LogP) is 4.73. The van der Waals surface area contributed by atoms with Gasteiger partial charge in [0.05, 0.1) is 5.69 Å². The summed E-state index contributed by atoms with van der Waals surface area (Å²) >= 11 is 0. The lowest BCUT2D eigenvalue weighted by Crippen LogP contribution is -2.17. The highest BCUT2D eigenvalue weighted by molar-refractivity contribution is 5.68. The Morgan fingerprint density at radius 2 is 1.80 bits per heavy atom. The fourth-order valence-corrected chi connectivity index (χ4v) is 2.37. The summed E-state index contributed by atoms with van der Waals surface area (Å²) in [5.41, 5.74) is 9.33. The SMILES string of the molecule is C/C(=C(/N=N)c1nc(-c2ccccc2)no1)N(C)c1ccccc1F. The Morgan fingerprint density at radius 1 is 1.12 bits per heavy atom. The van der Waals surface area contributed by atoms with E-state index in [0.717, 1.165) is 5.56 Å². The molecule has 0 radical (unpaired) electrons. The quantitative estimate of drug-likeness (QED) is 0.683. The Labute approximate surface area is 144 Å². The second kappa shape index (κ2) is 7.04. The van der Waals surface area contributed by atoms with Crippen molar-refractivity contribution in [2.75, 3.05) is 11.9 Å². The maximum absolute atomic E-state index is 14.0. The monoisotopic (exact) mass is 337 g/mol. The van der Waals surface area contributed by atoms with E-state index in [4.69, 9.17) is 10.1 Å². The van der Waals surface area contributed by atoms with Gasteiger partial charge in [-0.2, -0.15) is 10.1 Å². The molecule has 0 aliphatic carbocycles. The van der Waals surface area contributed by atoms with Crippen molar-refractivity contribution in [3.63, 3.8) is 0 Å². The number of nitrogens with zero attached hydrogens (tertiary/aromatic N) is 4. The van der Waals surface area contributed by atoms with Gasteiger partial charge in [0.15, 0.2) is 5.70 Å². The van der Waals surface area contributed by atoms with Gasteiger partial charge in [0.1, 0.15) is 5.82 Å². The lowest BCUT2D eigenvalue weighted by atomic mass is 10.2. The van der Waals surface area contributed by atoms with Crippen molar-refractivity contribution in [1.29, 1.82) is 5.53 Å². The van der Waals surface area contributed by atoms with Crippen LogP contribution in [0.1, 0.15) is 12.8 Å². The Balaban J connectivity index is 1.99. The number of allylic oxidation sites excluding steroid dienone is 1. The molecule has 1 N–H and O–H groups in total. The number of hydrogen-bond acceptors (Lipinski definition) is 6. The zero-order valence-electron chi connectivity index (χ0n) is 13.8. The summed E-state index contributed by atoms with van der Waals surface area (Å²) in [4.78, 5) is 5.89. The predicted molar refractivity (Wildman–Crippen MR) is 92.3 cm³/mol. The topological polar surface area (TPSA) is 78.4 Å². The Kier molecular flexibility index (Phi) is 4.65. The average Bonchev–Trinajstić information content (AvgIpc) is 3.12. The van der Waals surface area contributed by atoms with Gasteiger partial charge in [0, 0.05) is 18.3 Å². The van der Waals surface area contributed by atoms with Gasteiger partial charge >= 0.3 is 0 Å². The highest BCUT2D eigenvalue weighted by Crippen LogP contribution is 2.27. The van der Waals surface area contributed by atoms with Gasteiger partial charge in [-0.05, 0) is 19.1 Å². The summed E-state index contributed by atoms with van der Waals surface area (Å²) in [6.45, 7) is 1.71. The normalized spacial score (nSPS) is 11.8. The van der Waals surface area contributed by atoms with Crippen LogP contribution < -0.4 is 4.90 Å². The second-order valence-corrected chi connectivity index (χ2v) is 5.35. The maximum Gasteiger partial charge on any atom is 0.280 e. The average molecular weight is 337 g/mol. The van der Waals surface area contributed by atoms with Crippen LogP contribution in [0.15, 0.2) is 69.9 Å². The molecule has 2 aromatic carbocycles. The van der Waals surface area contributed by atoms with Crippen LogP contribution in [0.25, 0.3) is 17.1 Å². The Hall–Kier alpha value is -3.35. The third kappa shape index (κ3) is 3.30. The lowest BCUT2D eigenvalue weighted by Gasteiger charge is -2.21. The zero-order chi connectivity index (χ0) is 17.8. The van der Waals surface area contributed by atoms with E-state index in [2.05, 4.69) is 15.3 Å². The lowest BCUT2D eigenvalue weighted by molar-refractivity contribution is 0.407. The van der Waals surface area contributed by atoms with Crippen LogP contribution in [0.5, 0.6) is 0 Å². The first-order valence-corrected chi connectivity index (χ1v) is 7.58. The van der Waals surface area contributed by atoms with Crippen LogP contribution in [0.3, 0.4) is 0 Å². The molecule has 1 heterocycles. The first kappa shape index (κ1) is 16.5. The standard InChI is InChI=1S/C18H16FN5O/c1-12(24(2)15-11-7-6-10-14(15)19)16(22-20)18-21-17(23-25-18)13-8-4-3-5-9-13/h3-11,20H,1-2H3/b16-12-,22-20?. The van der Waals surface area contributed by atoms with E-state index in [9.17, 15) is 4.39 Å². The van der Waals surface area contributed by atoms with Crippen molar-refractivity contribution in [3.8, 4) is 11.4 Å². The zero-order valence-corrected chi connectivity index (χ0v) is 13.8. The number of benzene rings is 2. The van der Waals surface area contributed by atoms with Gasteiger partial charge < -0.3 is 9.42 Å². The van der Waals surface area contributed by atoms with Crippen molar-refractivity contribution < 1.29 is 8.91 Å². The highest BCUT2D eigenvalue weighted by Gasteiger charge is 2.19. The molecule has 0 amide bonds. The largest absolute Gasteiger partial charge is 0.344 e. The van der Waals surface area contributed by atoms with Crippen LogP contribution in [-0.4, -0.2) is 17.2 Å². The summed E-state index contributed by atoms with van der Waals surface area (Å²) in [6, 6.07) is 15.7. The highest BCUT2D eigenvalue weighted by atomic mass is 19.1. The molecule has 0 aliphatic heterocycles. The molecule has 0 saturated carbocycles. The summed E-state index contributed by atoms with van der Waals surface area (Å²) < 4.78 is 19.3. The maximum atomic E-state index is 14.0. The van der Waals surface area contributed by atoms with Gasteiger partial charge in [-0.1, -0.05) is 47.6 Å². The van der Waals surface area contributed by atoms with Crippen LogP contribution in [0.2, 0.25) is 0 Å². The number of halogens is 1. The number of aromatic nitrogens is 2. The number of anilines is 1. The molecule has 0 unspecified atom stereocenters. The van der Waals surface area contributed by atoms with E-state index in [1.807, 2.05) is 30.3 Å².